The normalized spacial score (nSPS) is 11.8. The minimum absolute atomic E-state index is 0. The molecule has 0 aromatic carbocycles. The molecule has 126 valence electrons. The molecule has 1 unspecified atom stereocenters. The highest BCUT2D eigenvalue weighted by molar-refractivity contribution is 5.85. The summed E-state index contributed by atoms with van der Waals surface area (Å²) in [6, 6.07) is 0.113. The van der Waals surface area contributed by atoms with Crippen molar-refractivity contribution in [1.29, 1.82) is 0 Å². The maximum absolute atomic E-state index is 11.9. The summed E-state index contributed by atoms with van der Waals surface area (Å²) >= 11 is 0. The number of rotatable bonds is 9. The minimum atomic E-state index is 0. The third-order valence-corrected chi connectivity index (χ3v) is 3.75. The maximum atomic E-state index is 11.9. The monoisotopic (exact) mass is 321 g/mol. The molecular formula is C15H32ClN3O2. The highest BCUT2D eigenvalue weighted by atomic mass is 35.5. The molecule has 2 amide bonds. The summed E-state index contributed by atoms with van der Waals surface area (Å²) in [6.07, 6.45) is 1.37. The van der Waals surface area contributed by atoms with E-state index in [9.17, 15) is 9.59 Å². The van der Waals surface area contributed by atoms with Gasteiger partial charge in [-0.25, -0.2) is 0 Å². The minimum Gasteiger partial charge on any atom is -0.346 e. The third kappa shape index (κ3) is 8.94. The Balaban J connectivity index is 0. The Kier molecular flexibility index (Phi) is 12.6. The number of carbonyl (C=O) groups excluding carboxylic acids is 2. The molecule has 0 radical (unpaired) electrons. The van der Waals surface area contributed by atoms with Gasteiger partial charge in [-0.15, -0.1) is 12.4 Å². The van der Waals surface area contributed by atoms with Crippen molar-refractivity contribution in [3.63, 3.8) is 0 Å². The highest BCUT2D eigenvalue weighted by Crippen LogP contribution is 2.06. The number of halogens is 1. The Labute approximate surface area is 135 Å². The van der Waals surface area contributed by atoms with Gasteiger partial charge in [-0.1, -0.05) is 13.8 Å². The topological polar surface area (TPSA) is 66.6 Å². The lowest BCUT2D eigenvalue weighted by Gasteiger charge is -2.22. The maximum Gasteiger partial charge on any atom is 0.223 e. The van der Waals surface area contributed by atoms with Crippen molar-refractivity contribution in [2.45, 2.75) is 53.0 Å². The average Bonchev–Trinajstić information content (AvgIpc) is 2.42. The third-order valence-electron chi connectivity index (χ3n) is 3.75. The van der Waals surface area contributed by atoms with Crippen molar-refractivity contribution < 1.29 is 9.59 Å². The number of nitrogens with two attached hydrogens (primary N) is 1. The summed E-state index contributed by atoms with van der Waals surface area (Å²) in [6.45, 7) is 10.1. The number of amides is 2. The van der Waals surface area contributed by atoms with E-state index in [0.717, 1.165) is 6.42 Å². The van der Waals surface area contributed by atoms with Crippen molar-refractivity contribution in [3.8, 4) is 0 Å². The molecular weight excluding hydrogens is 290 g/mol. The van der Waals surface area contributed by atoms with E-state index in [0.29, 0.717) is 32.0 Å². The van der Waals surface area contributed by atoms with Gasteiger partial charge in [-0.2, -0.15) is 0 Å². The van der Waals surface area contributed by atoms with Gasteiger partial charge in [0.05, 0.1) is 0 Å². The van der Waals surface area contributed by atoms with E-state index < -0.39 is 0 Å². The van der Waals surface area contributed by atoms with E-state index in [2.05, 4.69) is 13.8 Å². The first kappa shape index (κ1) is 22.5. The zero-order valence-electron chi connectivity index (χ0n) is 14.1. The molecule has 5 nitrogen and oxygen atoms in total. The molecule has 0 aromatic heterocycles. The van der Waals surface area contributed by atoms with Crippen molar-refractivity contribution in [2.24, 2.45) is 11.7 Å². The SMILES string of the molecule is CCN(CC)C(=O)CCC(=O)N(C)CCC(N)C(C)C.Cl. The molecule has 0 saturated heterocycles. The van der Waals surface area contributed by atoms with Crippen LogP contribution in [0.2, 0.25) is 0 Å². The number of nitrogens with zero attached hydrogens (tertiary/aromatic N) is 2. The van der Waals surface area contributed by atoms with Crippen molar-refractivity contribution in [1.82, 2.24) is 9.80 Å². The molecule has 0 saturated carbocycles. The van der Waals surface area contributed by atoms with Gasteiger partial charge >= 0.3 is 0 Å². The molecule has 0 fully saturated rings. The van der Waals surface area contributed by atoms with Crippen LogP contribution in [0.4, 0.5) is 0 Å². The smallest absolute Gasteiger partial charge is 0.223 e. The first-order valence-electron chi connectivity index (χ1n) is 7.60. The Morgan fingerprint density at radius 1 is 1.05 bits per heavy atom. The molecule has 0 heterocycles. The lowest BCUT2D eigenvalue weighted by atomic mass is 10.0. The van der Waals surface area contributed by atoms with Gasteiger partial charge in [0, 0.05) is 45.6 Å². The van der Waals surface area contributed by atoms with Crippen LogP contribution in [0.5, 0.6) is 0 Å². The first-order valence-corrected chi connectivity index (χ1v) is 7.60. The standard InChI is InChI=1S/C15H31N3O2.ClH/c1-6-18(7-2)15(20)9-8-14(19)17(5)11-10-13(16)12(3)4;/h12-13H,6-11,16H2,1-5H3;1H. The van der Waals surface area contributed by atoms with Crippen LogP contribution in [0, 0.1) is 5.92 Å². The Hall–Kier alpha value is -0.810. The van der Waals surface area contributed by atoms with Gasteiger partial charge in [0.15, 0.2) is 0 Å². The Bertz CT molecular complexity index is 307. The van der Waals surface area contributed by atoms with E-state index >= 15 is 0 Å². The summed E-state index contributed by atoms with van der Waals surface area (Å²) in [5, 5.41) is 0. The second-order valence-electron chi connectivity index (χ2n) is 5.58. The van der Waals surface area contributed by atoms with Crippen LogP contribution in [0.3, 0.4) is 0 Å². The fraction of sp³-hybridized carbons (Fsp3) is 0.867. The predicted octanol–water partition coefficient (Wildman–Crippen LogP) is 1.89. The highest BCUT2D eigenvalue weighted by Gasteiger charge is 2.16. The van der Waals surface area contributed by atoms with Crippen LogP contribution < -0.4 is 5.73 Å². The molecule has 0 spiro atoms. The van der Waals surface area contributed by atoms with Crippen LogP contribution >= 0.6 is 12.4 Å². The van der Waals surface area contributed by atoms with Crippen LogP contribution in [0.1, 0.15) is 47.0 Å². The van der Waals surface area contributed by atoms with Crippen molar-refractivity contribution >= 4 is 24.2 Å². The Morgan fingerprint density at radius 2 is 1.52 bits per heavy atom. The number of carbonyl (C=O) groups is 2. The Morgan fingerprint density at radius 3 is 1.95 bits per heavy atom. The van der Waals surface area contributed by atoms with Gasteiger partial charge in [0.2, 0.25) is 11.8 Å². The number of hydrogen-bond acceptors (Lipinski definition) is 3. The van der Waals surface area contributed by atoms with Crippen LogP contribution in [0.15, 0.2) is 0 Å². The fourth-order valence-corrected chi connectivity index (χ4v) is 1.94. The van der Waals surface area contributed by atoms with Gasteiger partial charge in [-0.05, 0) is 26.2 Å². The van der Waals surface area contributed by atoms with Gasteiger partial charge in [0.1, 0.15) is 0 Å². The number of hydrogen-bond donors (Lipinski definition) is 1. The summed E-state index contributed by atoms with van der Waals surface area (Å²) in [5.41, 5.74) is 5.96. The summed E-state index contributed by atoms with van der Waals surface area (Å²) < 4.78 is 0. The van der Waals surface area contributed by atoms with Gasteiger partial charge < -0.3 is 15.5 Å². The second-order valence-corrected chi connectivity index (χ2v) is 5.58. The molecule has 0 aromatic rings. The molecule has 21 heavy (non-hydrogen) atoms. The molecule has 6 heteroatoms. The first-order chi connectivity index (χ1) is 9.33. The van der Waals surface area contributed by atoms with E-state index in [4.69, 9.17) is 5.73 Å². The summed E-state index contributed by atoms with van der Waals surface area (Å²) in [5.74, 6) is 0.486. The molecule has 0 aliphatic rings. The zero-order valence-corrected chi connectivity index (χ0v) is 14.9. The molecule has 0 bridgehead atoms. The second kappa shape index (κ2) is 11.8. The van der Waals surface area contributed by atoms with Crippen molar-refractivity contribution in [2.75, 3.05) is 26.7 Å². The molecule has 1 atom stereocenters. The molecule has 0 aliphatic carbocycles. The molecule has 0 aliphatic heterocycles. The van der Waals surface area contributed by atoms with Crippen molar-refractivity contribution in [3.05, 3.63) is 0 Å². The van der Waals surface area contributed by atoms with Gasteiger partial charge in [0.25, 0.3) is 0 Å². The molecule has 2 N–H and O–H groups in total. The predicted molar refractivity (Wildman–Crippen MR) is 89.5 cm³/mol. The average molecular weight is 322 g/mol. The van der Waals surface area contributed by atoms with E-state index in [1.807, 2.05) is 13.8 Å². The zero-order chi connectivity index (χ0) is 15.7. The van der Waals surface area contributed by atoms with E-state index in [1.165, 1.54) is 0 Å². The van der Waals surface area contributed by atoms with Crippen LogP contribution in [0.25, 0.3) is 0 Å². The quantitative estimate of drug-likeness (QED) is 0.705. The fourth-order valence-electron chi connectivity index (χ4n) is 1.94. The van der Waals surface area contributed by atoms with Gasteiger partial charge in [-0.3, -0.25) is 9.59 Å². The van der Waals surface area contributed by atoms with E-state index in [-0.39, 0.29) is 36.7 Å². The largest absolute Gasteiger partial charge is 0.346 e. The van der Waals surface area contributed by atoms with Crippen LogP contribution in [-0.2, 0) is 9.59 Å². The lowest BCUT2D eigenvalue weighted by molar-refractivity contribution is -0.136. The summed E-state index contributed by atoms with van der Waals surface area (Å²) in [4.78, 5) is 27.2. The summed E-state index contributed by atoms with van der Waals surface area (Å²) in [7, 11) is 1.78. The lowest BCUT2D eigenvalue weighted by Crippen LogP contribution is -2.36. The van der Waals surface area contributed by atoms with Crippen LogP contribution in [-0.4, -0.2) is 54.3 Å². The molecule has 0 rings (SSSR count). The van der Waals surface area contributed by atoms with E-state index in [1.54, 1.807) is 16.8 Å².